The van der Waals surface area contributed by atoms with Gasteiger partial charge in [0.15, 0.2) is 17.5 Å². The minimum absolute atomic E-state index is 0.117. The highest BCUT2D eigenvalue weighted by Crippen LogP contribution is 2.35. The van der Waals surface area contributed by atoms with Crippen LogP contribution < -0.4 is 20.1 Å². The number of amides is 1. The molecule has 6 nitrogen and oxygen atoms in total. The molecule has 1 amide bonds. The van der Waals surface area contributed by atoms with E-state index in [-0.39, 0.29) is 5.91 Å². The van der Waals surface area contributed by atoms with Gasteiger partial charge in [-0.15, -0.1) is 0 Å². The molecule has 2 aliphatic rings. The van der Waals surface area contributed by atoms with Gasteiger partial charge < -0.3 is 14.8 Å². The SMILES string of the molecule is CCCN=C1NC(=O)C(C)(c2ccc3c(c2)OCCO3)N1. The van der Waals surface area contributed by atoms with Gasteiger partial charge in [0.25, 0.3) is 5.91 Å². The third kappa shape index (κ3) is 2.41. The van der Waals surface area contributed by atoms with Crippen LogP contribution in [0.15, 0.2) is 23.2 Å². The Morgan fingerprint density at radius 1 is 1.29 bits per heavy atom. The molecular formula is C15H19N3O3. The van der Waals surface area contributed by atoms with E-state index >= 15 is 0 Å². The van der Waals surface area contributed by atoms with Crippen LogP contribution in [0.5, 0.6) is 11.5 Å². The van der Waals surface area contributed by atoms with E-state index in [1.807, 2.05) is 32.0 Å². The molecule has 2 aliphatic heterocycles. The van der Waals surface area contributed by atoms with Crippen molar-refractivity contribution in [2.45, 2.75) is 25.8 Å². The number of carbonyl (C=O) groups is 1. The van der Waals surface area contributed by atoms with E-state index in [2.05, 4.69) is 15.6 Å². The number of nitrogens with zero attached hydrogens (tertiary/aromatic N) is 1. The van der Waals surface area contributed by atoms with Crippen molar-refractivity contribution in [1.29, 1.82) is 0 Å². The molecule has 0 spiro atoms. The summed E-state index contributed by atoms with van der Waals surface area (Å²) >= 11 is 0. The van der Waals surface area contributed by atoms with Crippen LogP contribution in [0, 0.1) is 0 Å². The Kier molecular flexibility index (Phi) is 3.45. The number of ether oxygens (including phenoxy) is 2. The smallest absolute Gasteiger partial charge is 0.256 e. The van der Waals surface area contributed by atoms with Crippen molar-refractivity contribution in [3.8, 4) is 11.5 Å². The van der Waals surface area contributed by atoms with Crippen molar-refractivity contribution < 1.29 is 14.3 Å². The number of guanidine groups is 1. The number of nitrogens with one attached hydrogen (secondary N) is 2. The first-order chi connectivity index (χ1) is 10.1. The van der Waals surface area contributed by atoms with Crippen LogP contribution in [0.1, 0.15) is 25.8 Å². The minimum atomic E-state index is -0.845. The first-order valence-electron chi connectivity index (χ1n) is 7.17. The molecule has 0 bridgehead atoms. The van der Waals surface area contributed by atoms with Crippen molar-refractivity contribution in [3.63, 3.8) is 0 Å². The Morgan fingerprint density at radius 3 is 2.81 bits per heavy atom. The number of aliphatic imine (C=N–C) groups is 1. The predicted octanol–water partition coefficient (Wildman–Crippen LogP) is 1.16. The van der Waals surface area contributed by atoms with Crippen molar-refractivity contribution in [2.24, 2.45) is 4.99 Å². The van der Waals surface area contributed by atoms with Crippen LogP contribution in [0.2, 0.25) is 0 Å². The maximum absolute atomic E-state index is 12.3. The number of hydrogen-bond acceptors (Lipinski definition) is 4. The second kappa shape index (κ2) is 5.27. The average molecular weight is 289 g/mol. The Hall–Kier alpha value is -2.24. The predicted molar refractivity (Wildman–Crippen MR) is 78.7 cm³/mol. The van der Waals surface area contributed by atoms with Crippen molar-refractivity contribution in [1.82, 2.24) is 10.6 Å². The zero-order valence-electron chi connectivity index (χ0n) is 12.2. The fraction of sp³-hybridized carbons (Fsp3) is 0.467. The number of hydrogen-bond donors (Lipinski definition) is 2. The Balaban J connectivity index is 1.90. The standard InChI is InChI=1S/C15H19N3O3/c1-3-6-16-14-17-13(19)15(2,18-14)10-4-5-11-12(9-10)21-8-7-20-11/h4-5,9H,3,6-8H2,1-2H3,(H2,16,17,18,19). The highest BCUT2D eigenvalue weighted by Gasteiger charge is 2.42. The van der Waals surface area contributed by atoms with Crippen LogP contribution in [0.25, 0.3) is 0 Å². The molecule has 2 N–H and O–H groups in total. The molecule has 1 atom stereocenters. The van der Waals surface area contributed by atoms with Crippen LogP contribution in [-0.4, -0.2) is 31.6 Å². The number of benzene rings is 1. The summed E-state index contributed by atoms with van der Waals surface area (Å²) < 4.78 is 11.1. The summed E-state index contributed by atoms with van der Waals surface area (Å²) in [5, 5.41) is 5.95. The van der Waals surface area contributed by atoms with Gasteiger partial charge in [0.05, 0.1) is 0 Å². The van der Waals surface area contributed by atoms with E-state index in [4.69, 9.17) is 9.47 Å². The summed E-state index contributed by atoms with van der Waals surface area (Å²) in [6.45, 7) is 5.63. The Labute approximate surface area is 123 Å². The van der Waals surface area contributed by atoms with E-state index in [0.717, 1.165) is 12.0 Å². The van der Waals surface area contributed by atoms with Gasteiger partial charge in [-0.1, -0.05) is 13.0 Å². The lowest BCUT2D eigenvalue weighted by molar-refractivity contribution is -0.123. The normalized spacial score (nSPS) is 25.6. The molecule has 1 unspecified atom stereocenters. The minimum Gasteiger partial charge on any atom is -0.486 e. The Morgan fingerprint density at radius 2 is 2.05 bits per heavy atom. The molecule has 0 saturated carbocycles. The Bertz CT molecular complexity index is 600. The highest BCUT2D eigenvalue weighted by molar-refractivity contribution is 6.09. The van der Waals surface area contributed by atoms with Crippen LogP contribution >= 0.6 is 0 Å². The van der Waals surface area contributed by atoms with Crippen LogP contribution in [-0.2, 0) is 10.3 Å². The van der Waals surface area contributed by atoms with E-state index in [0.29, 0.717) is 37.2 Å². The van der Waals surface area contributed by atoms with Crippen molar-refractivity contribution in [2.75, 3.05) is 19.8 Å². The van der Waals surface area contributed by atoms with Gasteiger partial charge in [-0.25, -0.2) is 0 Å². The molecule has 0 aromatic heterocycles. The van der Waals surface area contributed by atoms with Crippen LogP contribution in [0.3, 0.4) is 0 Å². The zero-order chi connectivity index (χ0) is 14.9. The molecular weight excluding hydrogens is 270 g/mol. The summed E-state index contributed by atoms with van der Waals surface area (Å²) in [5.74, 6) is 1.80. The summed E-state index contributed by atoms with van der Waals surface area (Å²) in [6, 6.07) is 5.57. The third-order valence-electron chi connectivity index (χ3n) is 3.67. The first kappa shape index (κ1) is 13.7. The highest BCUT2D eigenvalue weighted by atomic mass is 16.6. The summed E-state index contributed by atoms with van der Waals surface area (Å²) in [6.07, 6.45) is 0.932. The van der Waals surface area contributed by atoms with E-state index in [9.17, 15) is 4.79 Å². The first-order valence-corrected chi connectivity index (χ1v) is 7.17. The van der Waals surface area contributed by atoms with Gasteiger partial charge in [0.1, 0.15) is 18.8 Å². The summed E-state index contributed by atoms with van der Waals surface area (Å²) in [7, 11) is 0. The van der Waals surface area contributed by atoms with Crippen molar-refractivity contribution in [3.05, 3.63) is 23.8 Å². The summed E-state index contributed by atoms with van der Waals surface area (Å²) in [4.78, 5) is 16.6. The molecule has 112 valence electrons. The molecule has 21 heavy (non-hydrogen) atoms. The summed E-state index contributed by atoms with van der Waals surface area (Å²) in [5.41, 5.74) is -0.0199. The molecule has 1 fully saturated rings. The zero-order valence-corrected chi connectivity index (χ0v) is 12.2. The van der Waals surface area contributed by atoms with E-state index in [1.165, 1.54) is 0 Å². The molecule has 3 rings (SSSR count). The van der Waals surface area contributed by atoms with Gasteiger partial charge in [-0.05, 0) is 31.0 Å². The van der Waals surface area contributed by atoms with Gasteiger partial charge in [0, 0.05) is 6.54 Å². The van der Waals surface area contributed by atoms with Gasteiger partial charge in [0.2, 0.25) is 0 Å². The molecule has 1 saturated heterocycles. The number of fused-ring (bicyclic) bond motifs is 1. The monoisotopic (exact) mass is 289 g/mol. The van der Waals surface area contributed by atoms with E-state index in [1.54, 1.807) is 0 Å². The van der Waals surface area contributed by atoms with E-state index < -0.39 is 5.54 Å². The molecule has 0 radical (unpaired) electrons. The average Bonchev–Trinajstić information content (AvgIpc) is 2.80. The topological polar surface area (TPSA) is 72.0 Å². The second-order valence-electron chi connectivity index (χ2n) is 5.29. The van der Waals surface area contributed by atoms with Gasteiger partial charge in [-0.3, -0.25) is 15.1 Å². The molecule has 2 heterocycles. The van der Waals surface area contributed by atoms with Crippen LogP contribution in [0.4, 0.5) is 0 Å². The van der Waals surface area contributed by atoms with Crippen molar-refractivity contribution >= 4 is 11.9 Å². The number of rotatable bonds is 3. The molecule has 1 aromatic carbocycles. The fourth-order valence-electron chi connectivity index (χ4n) is 2.42. The lowest BCUT2D eigenvalue weighted by Crippen LogP contribution is -2.40. The molecule has 0 aliphatic carbocycles. The largest absolute Gasteiger partial charge is 0.486 e. The van der Waals surface area contributed by atoms with Gasteiger partial charge >= 0.3 is 0 Å². The van der Waals surface area contributed by atoms with Gasteiger partial charge in [-0.2, -0.15) is 0 Å². The number of carbonyl (C=O) groups excluding carboxylic acids is 1. The molecule has 1 aromatic rings. The second-order valence-corrected chi connectivity index (χ2v) is 5.29. The maximum atomic E-state index is 12.3. The lowest BCUT2D eigenvalue weighted by Gasteiger charge is -2.25. The molecule has 6 heteroatoms. The third-order valence-corrected chi connectivity index (χ3v) is 3.67. The lowest BCUT2D eigenvalue weighted by atomic mass is 9.92. The fourth-order valence-corrected chi connectivity index (χ4v) is 2.42. The quantitative estimate of drug-likeness (QED) is 0.876. The maximum Gasteiger partial charge on any atom is 0.256 e.